The van der Waals surface area contributed by atoms with Crippen LogP contribution < -0.4 is 10.2 Å². The lowest BCUT2D eigenvalue weighted by atomic mass is 10.1. The molecule has 1 N–H and O–H groups in total. The Bertz CT molecular complexity index is 849. The van der Waals surface area contributed by atoms with E-state index >= 15 is 0 Å². The minimum absolute atomic E-state index is 0.0692. The second-order valence-electron chi connectivity index (χ2n) is 5.99. The van der Waals surface area contributed by atoms with Crippen LogP contribution >= 0.6 is 11.6 Å². The summed E-state index contributed by atoms with van der Waals surface area (Å²) in [7, 11) is 0. The van der Waals surface area contributed by atoms with E-state index in [1.54, 1.807) is 42.5 Å². The summed E-state index contributed by atoms with van der Waals surface area (Å²) < 4.78 is 0. The Hall–Kier alpha value is -2.66. The van der Waals surface area contributed by atoms with Gasteiger partial charge in [-0.15, -0.1) is 0 Å². The Balaban J connectivity index is 2.06. The second kappa shape index (κ2) is 8.63. The molecule has 0 aromatic heterocycles. The van der Waals surface area contributed by atoms with E-state index in [4.69, 9.17) is 11.6 Å². The molecule has 0 atom stereocenters. The summed E-state index contributed by atoms with van der Waals surface area (Å²) >= 11 is 6.13. The van der Waals surface area contributed by atoms with Crippen molar-refractivity contribution in [2.75, 3.05) is 16.8 Å². The van der Waals surface area contributed by atoms with Crippen molar-refractivity contribution in [3.05, 3.63) is 58.6 Å². The minimum Gasteiger partial charge on any atom is -0.326 e. The van der Waals surface area contributed by atoms with Gasteiger partial charge in [0.25, 0.3) is 0 Å². The van der Waals surface area contributed by atoms with Gasteiger partial charge in [0, 0.05) is 41.9 Å². The number of nitrogens with zero attached hydrogens (tertiary/aromatic N) is 1. The standard InChI is InChI=1S/C20H21ClN2O3/c1-13-18(21)8-5-9-19(13)23(15(3)25)11-10-20(26)22-17-7-4-6-16(12-17)14(2)24/h4-9,12H,10-11H2,1-3H3,(H,22,26). The summed E-state index contributed by atoms with van der Waals surface area (Å²) in [6.07, 6.45) is 0.121. The van der Waals surface area contributed by atoms with Crippen LogP contribution in [-0.4, -0.2) is 24.1 Å². The number of anilines is 2. The fraction of sp³-hybridized carbons (Fsp3) is 0.250. The summed E-state index contributed by atoms with van der Waals surface area (Å²) in [6.45, 7) is 4.99. The Morgan fingerprint density at radius 3 is 2.42 bits per heavy atom. The van der Waals surface area contributed by atoms with Crippen molar-refractivity contribution in [1.82, 2.24) is 0 Å². The zero-order chi connectivity index (χ0) is 19.3. The van der Waals surface area contributed by atoms with Crippen LogP contribution in [0.3, 0.4) is 0 Å². The smallest absolute Gasteiger partial charge is 0.226 e. The van der Waals surface area contributed by atoms with Crippen molar-refractivity contribution in [2.24, 2.45) is 0 Å². The lowest BCUT2D eigenvalue weighted by Gasteiger charge is -2.23. The van der Waals surface area contributed by atoms with Gasteiger partial charge in [0.2, 0.25) is 11.8 Å². The number of hydrogen-bond donors (Lipinski definition) is 1. The largest absolute Gasteiger partial charge is 0.326 e. The molecule has 136 valence electrons. The maximum absolute atomic E-state index is 12.2. The number of carbonyl (C=O) groups excluding carboxylic acids is 3. The molecule has 0 heterocycles. The molecule has 2 aromatic rings. The fourth-order valence-electron chi connectivity index (χ4n) is 2.59. The molecule has 2 rings (SSSR count). The molecule has 0 radical (unpaired) electrons. The Kier molecular flexibility index (Phi) is 6.52. The zero-order valence-electron chi connectivity index (χ0n) is 15.0. The van der Waals surface area contributed by atoms with Crippen LogP contribution in [0, 0.1) is 6.92 Å². The van der Waals surface area contributed by atoms with E-state index in [-0.39, 0.29) is 30.6 Å². The Labute approximate surface area is 158 Å². The van der Waals surface area contributed by atoms with Gasteiger partial charge in [-0.1, -0.05) is 29.8 Å². The van der Waals surface area contributed by atoms with Gasteiger partial charge in [-0.3, -0.25) is 14.4 Å². The van der Waals surface area contributed by atoms with Crippen LogP contribution in [0.2, 0.25) is 5.02 Å². The van der Waals surface area contributed by atoms with Crippen LogP contribution in [0.4, 0.5) is 11.4 Å². The monoisotopic (exact) mass is 372 g/mol. The molecule has 0 aliphatic carbocycles. The van der Waals surface area contributed by atoms with Crippen molar-refractivity contribution >= 4 is 40.6 Å². The number of halogens is 1. The van der Waals surface area contributed by atoms with E-state index in [2.05, 4.69) is 5.32 Å². The third-order valence-electron chi connectivity index (χ3n) is 4.03. The Morgan fingerprint density at radius 2 is 1.77 bits per heavy atom. The van der Waals surface area contributed by atoms with Gasteiger partial charge in [0.15, 0.2) is 5.78 Å². The molecule has 0 spiro atoms. The number of nitrogens with one attached hydrogen (secondary N) is 1. The highest BCUT2D eigenvalue weighted by molar-refractivity contribution is 6.31. The molecular formula is C20H21ClN2O3. The maximum atomic E-state index is 12.2. The number of rotatable bonds is 6. The first-order valence-electron chi connectivity index (χ1n) is 8.23. The summed E-state index contributed by atoms with van der Waals surface area (Å²) in [5.74, 6) is -0.473. The van der Waals surface area contributed by atoms with Gasteiger partial charge < -0.3 is 10.2 Å². The first kappa shape index (κ1) is 19.7. The first-order valence-corrected chi connectivity index (χ1v) is 8.61. The van der Waals surface area contributed by atoms with E-state index < -0.39 is 0 Å². The van der Waals surface area contributed by atoms with Crippen molar-refractivity contribution in [1.29, 1.82) is 0 Å². The van der Waals surface area contributed by atoms with Gasteiger partial charge in [-0.2, -0.15) is 0 Å². The number of Topliss-reactive ketones (excluding diaryl/α,β-unsaturated/α-hetero) is 1. The number of ketones is 1. The van der Waals surface area contributed by atoms with E-state index in [9.17, 15) is 14.4 Å². The number of carbonyl (C=O) groups is 3. The first-order chi connectivity index (χ1) is 12.3. The topological polar surface area (TPSA) is 66.5 Å². The summed E-state index contributed by atoms with van der Waals surface area (Å²) in [4.78, 5) is 37.2. The average molecular weight is 373 g/mol. The van der Waals surface area contributed by atoms with E-state index in [1.807, 2.05) is 6.92 Å². The summed E-state index contributed by atoms with van der Waals surface area (Å²) in [5, 5.41) is 3.32. The normalized spacial score (nSPS) is 10.3. The van der Waals surface area contributed by atoms with E-state index in [0.29, 0.717) is 22.0 Å². The molecule has 0 saturated heterocycles. The lowest BCUT2D eigenvalue weighted by molar-refractivity contribution is -0.117. The third kappa shape index (κ3) is 4.92. The maximum Gasteiger partial charge on any atom is 0.226 e. The zero-order valence-corrected chi connectivity index (χ0v) is 15.8. The third-order valence-corrected chi connectivity index (χ3v) is 4.43. The molecule has 0 unspecified atom stereocenters. The van der Waals surface area contributed by atoms with Crippen LogP contribution in [0.15, 0.2) is 42.5 Å². The predicted molar refractivity (Wildman–Crippen MR) is 104 cm³/mol. The molecule has 6 heteroatoms. The van der Waals surface area contributed by atoms with Gasteiger partial charge in [0.05, 0.1) is 0 Å². The van der Waals surface area contributed by atoms with Crippen LogP contribution in [0.1, 0.15) is 36.2 Å². The minimum atomic E-state index is -0.239. The summed E-state index contributed by atoms with van der Waals surface area (Å²) in [6, 6.07) is 12.1. The molecule has 0 bridgehead atoms. The van der Waals surface area contributed by atoms with Crippen molar-refractivity contribution < 1.29 is 14.4 Å². The lowest BCUT2D eigenvalue weighted by Crippen LogP contribution is -2.32. The van der Waals surface area contributed by atoms with Crippen molar-refractivity contribution in [2.45, 2.75) is 27.2 Å². The molecule has 2 amide bonds. The van der Waals surface area contributed by atoms with E-state index in [1.165, 1.54) is 18.7 Å². The van der Waals surface area contributed by atoms with E-state index in [0.717, 1.165) is 5.56 Å². The van der Waals surface area contributed by atoms with Crippen LogP contribution in [0.25, 0.3) is 0 Å². The van der Waals surface area contributed by atoms with Gasteiger partial charge in [-0.25, -0.2) is 0 Å². The van der Waals surface area contributed by atoms with Crippen molar-refractivity contribution in [3.63, 3.8) is 0 Å². The quantitative estimate of drug-likeness (QED) is 0.771. The molecule has 5 nitrogen and oxygen atoms in total. The highest BCUT2D eigenvalue weighted by Gasteiger charge is 2.16. The predicted octanol–water partition coefficient (Wildman–Crippen LogP) is 4.23. The molecule has 26 heavy (non-hydrogen) atoms. The highest BCUT2D eigenvalue weighted by Crippen LogP contribution is 2.26. The molecule has 0 fully saturated rings. The molecule has 0 aliphatic rings. The number of amides is 2. The molecule has 0 aliphatic heterocycles. The van der Waals surface area contributed by atoms with Crippen LogP contribution in [-0.2, 0) is 9.59 Å². The molecular weight excluding hydrogens is 352 g/mol. The fourth-order valence-corrected chi connectivity index (χ4v) is 2.76. The van der Waals surface area contributed by atoms with Crippen LogP contribution in [0.5, 0.6) is 0 Å². The highest BCUT2D eigenvalue weighted by atomic mass is 35.5. The summed E-state index contributed by atoms with van der Waals surface area (Å²) in [5.41, 5.74) is 2.56. The van der Waals surface area contributed by atoms with Gasteiger partial charge in [-0.05, 0) is 43.7 Å². The molecule has 0 saturated carbocycles. The Morgan fingerprint density at radius 1 is 1.08 bits per heavy atom. The van der Waals surface area contributed by atoms with Gasteiger partial charge in [0.1, 0.15) is 0 Å². The number of hydrogen-bond acceptors (Lipinski definition) is 3. The second-order valence-corrected chi connectivity index (χ2v) is 6.40. The SMILES string of the molecule is CC(=O)c1cccc(NC(=O)CCN(C(C)=O)c2cccc(Cl)c2C)c1. The van der Waals surface area contributed by atoms with Gasteiger partial charge >= 0.3 is 0 Å². The molecule has 2 aromatic carbocycles. The average Bonchev–Trinajstić information content (AvgIpc) is 2.58. The number of benzene rings is 2. The van der Waals surface area contributed by atoms with Crippen molar-refractivity contribution in [3.8, 4) is 0 Å².